The average molecular weight is 555 g/mol. The predicted molar refractivity (Wildman–Crippen MR) is 139 cm³/mol. The zero-order chi connectivity index (χ0) is 28.7. The normalized spacial score (nSPS) is 18.6. The Kier molecular flexibility index (Phi) is 10.8. The summed E-state index contributed by atoms with van der Waals surface area (Å²) in [5.41, 5.74) is -0.556. The van der Waals surface area contributed by atoms with Gasteiger partial charge in [-0.25, -0.2) is 18.2 Å². The number of nitrogens with one attached hydrogen (secondary N) is 2. The molecule has 2 atom stereocenters. The SMILES string of the molecule is CC(C)(C)[C@H](NC(=O)[C@H](CC1CCCC1)CN(O)C=O)C(=O)N1CCC(NCc2cc(F)c(F)cc2F)CC1. The molecule has 1 aromatic rings. The topological polar surface area (TPSA) is 102 Å². The highest BCUT2D eigenvalue weighted by molar-refractivity contribution is 5.89. The summed E-state index contributed by atoms with van der Waals surface area (Å²) in [5, 5.41) is 16.4. The first kappa shape index (κ1) is 30.9. The number of carbonyl (C=O) groups is 3. The van der Waals surface area contributed by atoms with Crippen molar-refractivity contribution in [3.63, 3.8) is 0 Å². The molecule has 1 aliphatic heterocycles. The van der Waals surface area contributed by atoms with Crippen molar-refractivity contribution in [2.24, 2.45) is 17.3 Å². The lowest BCUT2D eigenvalue weighted by Crippen LogP contribution is -2.58. The third-order valence-electron chi connectivity index (χ3n) is 7.87. The summed E-state index contributed by atoms with van der Waals surface area (Å²) < 4.78 is 40.6. The van der Waals surface area contributed by atoms with Crippen LogP contribution in [-0.4, -0.2) is 65.1 Å². The van der Waals surface area contributed by atoms with Crippen LogP contribution in [0.15, 0.2) is 12.1 Å². The van der Waals surface area contributed by atoms with E-state index in [-0.39, 0.29) is 42.9 Å². The Morgan fingerprint density at radius 2 is 1.69 bits per heavy atom. The third kappa shape index (κ3) is 8.66. The minimum absolute atomic E-state index is 0.0334. The van der Waals surface area contributed by atoms with Crippen molar-refractivity contribution in [2.75, 3.05) is 19.6 Å². The first-order valence-electron chi connectivity index (χ1n) is 13.8. The van der Waals surface area contributed by atoms with Gasteiger partial charge < -0.3 is 15.5 Å². The molecule has 2 aliphatic rings. The van der Waals surface area contributed by atoms with Crippen molar-refractivity contribution < 1.29 is 32.8 Å². The molecule has 0 spiro atoms. The quantitative estimate of drug-likeness (QED) is 0.167. The molecular weight excluding hydrogens is 513 g/mol. The molecule has 1 heterocycles. The van der Waals surface area contributed by atoms with Gasteiger partial charge in [-0.3, -0.25) is 19.6 Å². The highest BCUT2D eigenvalue weighted by Gasteiger charge is 2.38. The van der Waals surface area contributed by atoms with Crippen LogP contribution >= 0.6 is 0 Å². The number of benzene rings is 1. The zero-order valence-corrected chi connectivity index (χ0v) is 23.0. The Hall–Kier alpha value is -2.66. The lowest BCUT2D eigenvalue weighted by Gasteiger charge is -2.39. The molecule has 2 fully saturated rings. The Bertz CT molecular complexity index is 1010. The second-order valence-corrected chi connectivity index (χ2v) is 12.0. The fraction of sp³-hybridized carbons (Fsp3) is 0.679. The highest BCUT2D eigenvalue weighted by atomic mass is 19.2. The van der Waals surface area contributed by atoms with Crippen molar-refractivity contribution in [2.45, 2.75) is 84.3 Å². The molecule has 1 saturated carbocycles. The Labute approximate surface area is 228 Å². The number of rotatable bonds is 11. The van der Waals surface area contributed by atoms with Crippen LogP contribution in [0.1, 0.15) is 71.3 Å². The van der Waals surface area contributed by atoms with Gasteiger partial charge in [-0.05, 0) is 36.7 Å². The molecule has 1 aliphatic carbocycles. The van der Waals surface area contributed by atoms with Gasteiger partial charge in [0.25, 0.3) is 0 Å². The summed E-state index contributed by atoms with van der Waals surface area (Å²) in [4.78, 5) is 39.6. The molecule has 218 valence electrons. The monoisotopic (exact) mass is 554 g/mol. The van der Waals surface area contributed by atoms with Crippen molar-refractivity contribution >= 4 is 18.2 Å². The molecule has 0 bridgehead atoms. The van der Waals surface area contributed by atoms with Gasteiger partial charge in [0.2, 0.25) is 18.2 Å². The van der Waals surface area contributed by atoms with E-state index >= 15 is 0 Å². The van der Waals surface area contributed by atoms with Crippen LogP contribution in [0.2, 0.25) is 0 Å². The van der Waals surface area contributed by atoms with Gasteiger partial charge in [0.15, 0.2) is 11.6 Å². The van der Waals surface area contributed by atoms with Crippen LogP contribution in [0.3, 0.4) is 0 Å². The molecule has 3 N–H and O–H groups in total. The van der Waals surface area contributed by atoms with Crippen molar-refractivity contribution in [3.05, 3.63) is 35.1 Å². The standard InChI is InChI=1S/C28H41F3N4O4/c1-28(2,3)25(33-26(37)20(16-35(39)17-36)12-18-6-4-5-7-18)27(38)34-10-8-21(9-11-34)32-15-19-13-23(30)24(31)14-22(19)29/h13-14,17-18,20-21,25,32,39H,4-12,15-16H2,1-3H3,(H,33,37)/t20-,25-/m1/s1. The Morgan fingerprint density at radius 3 is 2.28 bits per heavy atom. The van der Waals surface area contributed by atoms with Crippen LogP contribution < -0.4 is 10.6 Å². The number of carbonyl (C=O) groups excluding carboxylic acids is 3. The number of likely N-dealkylation sites (tertiary alicyclic amines) is 1. The first-order valence-corrected chi connectivity index (χ1v) is 13.8. The zero-order valence-electron chi connectivity index (χ0n) is 23.0. The highest BCUT2D eigenvalue weighted by Crippen LogP contribution is 2.31. The van der Waals surface area contributed by atoms with Crippen molar-refractivity contribution in [1.29, 1.82) is 0 Å². The van der Waals surface area contributed by atoms with Crippen LogP contribution in [0.5, 0.6) is 0 Å². The second-order valence-electron chi connectivity index (χ2n) is 12.0. The number of nitrogens with zero attached hydrogens (tertiary/aromatic N) is 2. The van der Waals surface area contributed by atoms with E-state index in [0.717, 1.165) is 31.7 Å². The number of hydroxylamine groups is 2. The van der Waals surface area contributed by atoms with Crippen LogP contribution in [-0.2, 0) is 20.9 Å². The molecule has 39 heavy (non-hydrogen) atoms. The van der Waals surface area contributed by atoms with Crippen LogP contribution in [0, 0.1) is 34.7 Å². The minimum Gasteiger partial charge on any atom is -0.344 e. The Morgan fingerprint density at radius 1 is 1.08 bits per heavy atom. The Balaban J connectivity index is 1.59. The van der Waals surface area contributed by atoms with E-state index < -0.39 is 34.8 Å². The molecule has 3 rings (SSSR count). The van der Waals surface area contributed by atoms with Gasteiger partial charge >= 0.3 is 0 Å². The van der Waals surface area contributed by atoms with E-state index in [1.54, 1.807) is 4.90 Å². The van der Waals surface area contributed by atoms with Gasteiger partial charge in [0, 0.05) is 37.3 Å². The maximum atomic E-state index is 13.9. The van der Waals surface area contributed by atoms with Gasteiger partial charge in [0.1, 0.15) is 11.9 Å². The predicted octanol–water partition coefficient (Wildman–Crippen LogP) is 3.76. The van der Waals surface area contributed by atoms with E-state index in [1.807, 2.05) is 20.8 Å². The van der Waals surface area contributed by atoms with Gasteiger partial charge in [-0.2, -0.15) is 0 Å². The number of hydrogen-bond acceptors (Lipinski definition) is 5. The lowest BCUT2D eigenvalue weighted by atomic mass is 9.84. The van der Waals surface area contributed by atoms with Gasteiger partial charge in [-0.15, -0.1) is 0 Å². The molecule has 3 amide bonds. The third-order valence-corrected chi connectivity index (χ3v) is 7.87. The molecule has 8 nitrogen and oxygen atoms in total. The van der Waals surface area contributed by atoms with E-state index in [2.05, 4.69) is 10.6 Å². The van der Waals surface area contributed by atoms with Gasteiger partial charge in [-0.1, -0.05) is 46.5 Å². The summed E-state index contributed by atoms with van der Waals surface area (Å²) in [6.45, 7) is 6.35. The smallest absolute Gasteiger partial charge is 0.245 e. The summed E-state index contributed by atoms with van der Waals surface area (Å²) in [5.74, 6) is -4.01. The number of hydrogen-bond donors (Lipinski definition) is 3. The van der Waals surface area contributed by atoms with E-state index in [1.165, 1.54) is 0 Å². The molecule has 0 unspecified atom stereocenters. The van der Waals surface area contributed by atoms with E-state index in [9.17, 15) is 32.8 Å². The fourth-order valence-corrected chi connectivity index (χ4v) is 5.53. The minimum atomic E-state index is -1.23. The van der Waals surface area contributed by atoms with Crippen LogP contribution in [0.25, 0.3) is 0 Å². The summed E-state index contributed by atoms with van der Waals surface area (Å²) >= 11 is 0. The number of amides is 3. The van der Waals surface area contributed by atoms with E-state index in [4.69, 9.17) is 0 Å². The summed E-state index contributed by atoms with van der Waals surface area (Å²) in [7, 11) is 0. The molecule has 0 aromatic heterocycles. The van der Waals surface area contributed by atoms with Crippen molar-refractivity contribution in [1.82, 2.24) is 20.6 Å². The number of halogens is 3. The molecule has 1 saturated heterocycles. The summed E-state index contributed by atoms with van der Waals surface area (Å²) in [6, 6.07) is 0.529. The van der Waals surface area contributed by atoms with Crippen LogP contribution in [0.4, 0.5) is 13.2 Å². The first-order chi connectivity index (χ1) is 18.4. The lowest BCUT2D eigenvalue weighted by molar-refractivity contribution is -0.156. The summed E-state index contributed by atoms with van der Waals surface area (Å²) in [6.07, 6.45) is 6.17. The second kappa shape index (κ2) is 13.6. The molecule has 0 radical (unpaired) electrons. The molecule has 11 heteroatoms. The maximum Gasteiger partial charge on any atom is 0.245 e. The fourth-order valence-electron chi connectivity index (χ4n) is 5.53. The van der Waals surface area contributed by atoms with Gasteiger partial charge in [0.05, 0.1) is 12.5 Å². The van der Waals surface area contributed by atoms with E-state index in [0.29, 0.717) is 49.4 Å². The molecule has 1 aromatic carbocycles. The maximum absolute atomic E-state index is 13.9. The number of piperidine rings is 1. The molecular formula is C28H41F3N4O4. The average Bonchev–Trinajstić information content (AvgIpc) is 3.40. The van der Waals surface area contributed by atoms with Crippen molar-refractivity contribution in [3.8, 4) is 0 Å². The largest absolute Gasteiger partial charge is 0.344 e.